The summed E-state index contributed by atoms with van der Waals surface area (Å²) in [5, 5.41) is 0. The minimum atomic E-state index is -1.02. The predicted octanol–water partition coefficient (Wildman–Crippen LogP) is 3.90. The molecule has 0 aliphatic rings. The van der Waals surface area contributed by atoms with Crippen LogP contribution in [0.5, 0.6) is 0 Å². The lowest BCUT2D eigenvalue weighted by Crippen LogP contribution is -2.38. The third-order valence-corrected chi connectivity index (χ3v) is 2.58. The summed E-state index contributed by atoms with van der Waals surface area (Å²) < 4.78 is 14.0. The first kappa shape index (κ1) is 18.3. The number of carbonyl (C=O) groups is 3. The molecule has 0 amide bonds. The van der Waals surface area contributed by atoms with Gasteiger partial charge in [0.15, 0.2) is 0 Å². The normalized spacial score (nSPS) is 10.7. The van der Waals surface area contributed by atoms with E-state index in [1.165, 1.54) is 0 Å². The first-order valence-corrected chi connectivity index (χ1v) is 6.41. The van der Waals surface area contributed by atoms with Gasteiger partial charge < -0.3 is 14.2 Å². The summed E-state index contributed by atoms with van der Waals surface area (Å²) in [6.07, 6.45) is 1.09. The van der Waals surface area contributed by atoms with Crippen molar-refractivity contribution in [3.8, 4) is 0 Å². The molecule has 0 rings (SSSR count). The van der Waals surface area contributed by atoms with Crippen molar-refractivity contribution in [3.63, 3.8) is 0 Å². The largest absolute Gasteiger partial charge is 0.453 e. The van der Waals surface area contributed by atoms with Crippen molar-refractivity contribution in [2.24, 2.45) is 5.41 Å². The van der Waals surface area contributed by atoms with Crippen LogP contribution in [-0.4, -0.2) is 36.1 Å². The zero-order chi connectivity index (χ0) is 14.9. The van der Waals surface area contributed by atoms with Gasteiger partial charge in [0.2, 0.25) is 0 Å². The number of ether oxygens (including phenoxy) is 3. The van der Waals surface area contributed by atoms with Crippen LogP contribution in [0.25, 0.3) is 0 Å². The van der Waals surface area contributed by atoms with Gasteiger partial charge in [-0.1, -0.05) is 13.3 Å². The van der Waals surface area contributed by atoms with Crippen molar-refractivity contribution in [2.45, 2.75) is 19.8 Å². The number of hydrogen-bond donors (Lipinski definition) is 0. The van der Waals surface area contributed by atoms with Gasteiger partial charge in [-0.2, -0.15) is 0 Å². The van der Waals surface area contributed by atoms with E-state index in [0.29, 0.717) is 12.8 Å². The van der Waals surface area contributed by atoms with Crippen LogP contribution >= 0.6 is 34.8 Å². The number of carbonyl (C=O) groups excluding carboxylic acids is 3. The molecule has 0 N–H and O–H groups in total. The highest BCUT2D eigenvalue weighted by Crippen LogP contribution is 2.27. The minimum absolute atomic E-state index is 0.197. The van der Waals surface area contributed by atoms with E-state index in [0.717, 1.165) is 0 Å². The molecule has 110 valence electrons. The van der Waals surface area contributed by atoms with Crippen LogP contribution in [0.15, 0.2) is 0 Å². The van der Waals surface area contributed by atoms with E-state index in [9.17, 15) is 14.4 Å². The average Bonchev–Trinajstić information content (AvgIpc) is 2.31. The fourth-order valence-corrected chi connectivity index (χ4v) is 1.66. The van der Waals surface area contributed by atoms with Crippen LogP contribution in [0.2, 0.25) is 0 Å². The van der Waals surface area contributed by atoms with Crippen molar-refractivity contribution >= 4 is 51.1 Å². The molecule has 0 aliphatic carbocycles. The van der Waals surface area contributed by atoms with Gasteiger partial charge in [0.25, 0.3) is 0 Å². The fourth-order valence-electron chi connectivity index (χ4n) is 1.50. The quantitative estimate of drug-likeness (QED) is 0.494. The first-order valence-electron chi connectivity index (χ1n) is 5.28. The Labute approximate surface area is 125 Å². The standard InChI is InChI=1S/C10H13Cl3O6/c1-2-3-10(4-17-7(11)14,5-18-8(12)15)6-19-9(13)16/h2-6H2,1H3. The molecular weight excluding hydrogens is 322 g/mol. The average molecular weight is 336 g/mol. The molecule has 0 saturated carbocycles. The summed E-state index contributed by atoms with van der Waals surface area (Å²) in [5.74, 6) is 0. The van der Waals surface area contributed by atoms with Crippen LogP contribution in [0.3, 0.4) is 0 Å². The monoisotopic (exact) mass is 334 g/mol. The summed E-state index contributed by atoms with van der Waals surface area (Å²) in [6.45, 7) is 1.26. The molecule has 0 spiro atoms. The van der Waals surface area contributed by atoms with E-state index >= 15 is 0 Å². The molecule has 6 nitrogen and oxygen atoms in total. The van der Waals surface area contributed by atoms with Gasteiger partial charge in [-0.05, 0) is 6.42 Å². The summed E-state index contributed by atoms with van der Waals surface area (Å²) in [5.41, 5.74) is -3.99. The molecule has 19 heavy (non-hydrogen) atoms. The van der Waals surface area contributed by atoms with Gasteiger partial charge >= 0.3 is 16.3 Å². The predicted molar refractivity (Wildman–Crippen MR) is 68.9 cm³/mol. The maximum Gasteiger partial charge on any atom is 0.403 e. The van der Waals surface area contributed by atoms with E-state index in [4.69, 9.17) is 34.8 Å². The second-order valence-corrected chi connectivity index (χ2v) is 4.75. The van der Waals surface area contributed by atoms with Crippen molar-refractivity contribution in [1.82, 2.24) is 0 Å². The maximum absolute atomic E-state index is 10.6. The van der Waals surface area contributed by atoms with E-state index in [-0.39, 0.29) is 19.8 Å². The third-order valence-electron chi connectivity index (χ3n) is 2.26. The molecule has 0 saturated heterocycles. The maximum atomic E-state index is 10.6. The third kappa shape index (κ3) is 8.91. The van der Waals surface area contributed by atoms with Gasteiger partial charge in [-0.25, -0.2) is 14.4 Å². The Morgan fingerprint density at radius 1 is 0.842 bits per heavy atom. The van der Waals surface area contributed by atoms with E-state index in [1.807, 2.05) is 6.92 Å². The molecule has 0 radical (unpaired) electrons. The molecule has 9 heteroatoms. The smallest absolute Gasteiger partial charge is 0.403 e. The summed E-state index contributed by atoms with van der Waals surface area (Å²) in [6, 6.07) is 0. The Hall–Kier alpha value is -0.720. The molecular formula is C10H13Cl3O6. The van der Waals surface area contributed by atoms with Crippen LogP contribution < -0.4 is 0 Å². The van der Waals surface area contributed by atoms with Crippen molar-refractivity contribution < 1.29 is 28.6 Å². The van der Waals surface area contributed by atoms with Crippen molar-refractivity contribution in [3.05, 3.63) is 0 Å². The molecule has 0 bridgehead atoms. The van der Waals surface area contributed by atoms with Gasteiger partial charge in [0.05, 0.1) is 5.41 Å². The van der Waals surface area contributed by atoms with Gasteiger partial charge in [0, 0.05) is 34.8 Å². The zero-order valence-electron chi connectivity index (χ0n) is 10.1. The Bertz CT molecular complexity index is 288. The van der Waals surface area contributed by atoms with E-state index in [1.54, 1.807) is 0 Å². The highest BCUT2D eigenvalue weighted by atomic mass is 35.5. The van der Waals surface area contributed by atoms with Crippen LogP contribution in [0.1, 0.15) is 19.8 Å². The van der Waals surface area contributed by atoms with Crippen molar-refractivity contribution in [2.75, 3.05) is 19.8 Å². The van der Waals surface area contributed by atoms with Gasteiger partial charge in [0.1, 0.15) is 19.8 Å². The second-order valence-electron chi connectivity index (χ2n) is 3.83. The Balaban J connectivity index is 4.79. The number of rotatable bonds is 8. The SMILES string of the molecule is CCCC(COC(=O)Cl)(COC(=O)Cl)COC(=O)Cl. The molecule has 0 atom stereocenters. The molecule has 0 aromatic rings. The summed E-state index contributed by atoms with van der Waals surface area (Å²) in [4.78, 5) is 31.9. The highest BCUT2D eigenvalue weighted by molar-refractivity contribution is 6.61. The fraction of sp³-hybridized carbons (Fsp3) is 0.700. The molecule has 0 fully saturated rings. The van der Waals surface area contributed by atoms with Crippen molar-refractivity contribution in [1.29, 1.82) is 0 Å². The molecule has 0 aliphatic heterocycles. The van der Waals surface area contributed by atoms with Gasteiger partial charge in [-0.15, -0.1) is 0 Å². The Kier molecular flexibility index (Phi) is 8.88. The van der Waals surface area contributed by atoms with E-state index in [2.05, 4.69) is 14.2 Å². The minimum Gasteiger partial charge on any atom is -0.453 e. The van der Waals surface area contributed by atoms with Gasteiger partial charge in [-0.3, -0.25) is 0 Å². The number of hydrogen-bond acceptors (Lipinski definition) is 6. The van der Waals surface area contributed by atoms with Crippen LogP contribution in [-0.2, 0) is 14.2 Å². The molecule has 0 heterocycles. The second kappa shape index (κ2) is 9.23. The lowest BCUT2D eigenvalue weighted by Gasteiger charge is -2.30. The Morgan fingerprint density at radius 2 is 1.16 bits per heavy atom. The summed E-state index contributed by atoms with van der Waals surface area (Å²) >= 11 is 15.2. The topological polar surface area (TPSA) is 78.9 Å². The lowest BCUT2D eigenvalue weighted by atomic mass is 9.86. The summed E-state index contributed by atoms with van der Waals surface area (Å²) in [7, 11) is 0. The Morgan fingerprint density at radius 3 is 1.37 bits per heavy atom. The van der Waals surface area contributed by atoms with Crippen LogP contribution in [0.4, 0.5) is 14.4 Å². The first-order chi connectivity index (χ1) is 8.81. The number of halogens is 3. The van der Waals surface area contributed by atoms with Crippen LogP contribution in [0, 0.1) is 5.41 Å². The molecule has 0 unspecified atom stereocenters. The highest BCUT2D eigenvalue weighted by Gasteiger charge is 2.34. The zero-order valence-corrected chi connectivity index (χ0v) is 12.4. The van der Waals surface area contributed by atoms with E-state index < -0.39 is 21.7 Å². The molecule has 0 aromatic carbocycles. The lowest BCUT2D eigenvalue weighted by molar-refractivity contribution is -0.00789. The molecule has 0 aromatic heterocycles.